The van der Waals surface area contributed by atoms with Crippen molar-refractivity contribution in [3.05, 3.63) is 33.8 Å². The van der Waals surface area contributed by atoms with Crippen LogP contribution in [0.3, 0.4) is 0 Å². The van der Waals surface area contributed by atoms with Crippen LogP contribution in [0.15, 0.2) is 16.6 Å². The molecule has 5 heteroatoms. The fraction of sp³-hybridized carbons (Fsp3) is 0.333. The number of rotatable bonds is 2. The van der Waals surface area contributed by atoms with Gasteiger partial charge in [0, 0.05) is 17.7 Å². The van der Waals surface area contributed by atoms with Gasteiger partial charge < -0.3 is 10.8 Å². The van der Waals surface area contributed by atoms with Crippen molar-refractivity contribution >= 4 is 15.9 Å². The Morgan fingerprint density at radius 1 is 1.43 bits per heavy atom. The Hall–Kier alpha value is -0.520. The van der Waals surface area contributed by atoms with Crippen molar-refractivity contribution in [3.8, 4) is 0 Å². The van der Waals surface area contributed by atoms with Gasteiger partial charge in [-0.2, -0.15) is 0 Å². The third-order valence-electron chi connectivity index (χ3n) is 1.84. The highest BCUT2D eigenvalue weighted by Crippen LogP contribution is 2.28. The van der Waals surface area contributed by atoms with Gasteiger partial charge in [0.15, 0.2) is 0 Å². The molecule has 78 valence electrons. The number of nitrogens with two attached hydrogens (primary N) is 1. The minimum atomic E-state index is -1.09. The van der Waals surface area contributed by atoms with Crippen LogP contribution < -0.4 is 5.73 Å². The average molecular weight is 266 g/mol. The first-order chi connectivity index (χ1) is 6.43. The van der Waals surface area contributed by atoms with Gasteiger partial charge in [-0.05, 0) is 28.9 Å². The molecule has 0 spiro atoms. The van der Waals surface area contributed by atoms with Gasteiger partial charge in [0.25, 0.3) is 0 Å². The predicted molar refractivity (Wildman–Crippen MR) is 52.7 cm³/mol. The standard InChI is InChI=1S/C9H10BrF2NO/c1-4(13)9(14)6-2-5(11)3-7(12)8(6)10/h2-4,9,14H,13H2,1H3. The van der Waals surface area contributed by atoms with Crippen molar-refractivity contribution in [2.24, 2.45) is 5.73 Å². The van der Waals surface area contributed by atoms with Gasteiger partial charge in [-0.3, -0.25) is 0 Å². The second-order valence-electron chi connectivity index (χ2n) is 3.09. The molecule has 0 radical (unpaired) electrons. The molecule has 1 aromatic carbocycles. The summed E-state index contributed by atoms with van der Waals surface area (Å²) in [5.74, 6) is -1.49. The zero-order chi connectivity index (χ0) is 10.9. The predicted octanol–water partition coefficient (Wildman–Crippen LogP) is 2.11. The summed E-state index contributed by atoms with van der Waals surface area (Å²) in [5.41, 5.74) is 5.54. The van der Waals surface area contributed by atoms with E-state index in [9.17, 15) is 13.9 Å². The molecule has 0 saturated carbocycles. The lowest BCUT2D eigenvalue weighted by molar-refractivity contribution is 0.151. The van der Waals surface area contributed by atoms with Crippen molar-refractivity contribution in [2.45, 2.75) is 19.1 Å². The van der Waals surface area contributed by atoms with E-state index in [2.05, 4.69) is 15.9 Å². The first-order valence-electron chi connectivity index (χ1n) is 4.01. The Morgan fingerprint density at radius 2 is 2.00 bits per heavy atom. The summed E-state index contributed by atoms with van der Waals surface area (Å²) in [4.78, 5) is 0. The lowest BCUT2D eigenvalue weighted by Crippen LogP contribution is -2.25. The Balaban J connectivity index is 3.20. The van der Waals surface area contributed by atoms with Crippen LogP contribution in [0, 0.1) is 11.6 Å². The first-order valence-corrected chi connectivity index (χ1v) is 4.81. The monoisotopic (exact) mass is 265 g/mol. The summed E-state index contributed by atoms with van der Waals surface area (Å²) in [7, 11) is 0. The zero-order valence-corrected chi connectivity index (χ0v) is 9.05. The van der Waals surface area contributed by atoms with Crippen LogP contribution in [0.2, 0.25) is 0 Å². The summed E-state index contributed by atoms with van der Waals surface area (Å²) >= 11 is 2.93. The maximum atomic E-state index is 13.0. The lowest BCUT2D eigenvalue weighted by Gasteiger charge is -2.16. The maximum Gasteiger partial charge on any atom is 0.140 e. The third-order valence-corrected chi connectivity index (χ3v) is 2.67. The third kappa shape index (κ3) is 2.29. The molecule has 1 aromatic rings. The Labute approximate surface area is 88.9 Å². The Kier molecular flexibility index (Phi) is 3.58. The SMILES string of the molecule is CC(N)C(O)c1cc(F)cc(F)c1Br. The van der Waals surface area contributed by atoms with Crippen molar-refractivity contribution < 1.29 is 13.9 Å². The van der Waals surface area contributed by atoms with Crippen LogP contribution >= 0.6 is 15.9 Å². The maximum absolute atomic E-state index is 13.0. The summed E-state index contributed by atoms with van der Waals surface area (Å²) in [5, 5.41) is 9.54. The molecule has 0 saturated heterocycles. The molecule has 2 nitrogen and oxygen atoms in total. The number of aliphatic hydroxyl groups is 1. The van der Waals surface area contributed by atoms with Crippen molar-refractivity contribution in [1.29, 1.82) is 0 Å². The molecule has 0 aliphatic carbocycles. The van der Waals surface area contributed by atoms with Crippen molar-refractivity contribution in [3.63, 3.8) is 0 Å². The van der Waals surface area contributed by atoms with E-state index in [0.717, 1.165) is 12.1 Å². The molecule has 0 aliphatic heterocycles. The van der Waals surface area contributed by atoms with Crippen LogP contribution in [0.5, 0.6) is 0 Å². The molecule has 0 amide bonds. The summed E-state index contributed by atoms with van der Waals surface area (Å²) in [6.07, 6.45) is -1.09. The van der Waals surface area contributed by atoms with E-state index in [1.807, 2.05) is 0 Å². The van der Waals surface area contributed by atoms with Crippen LogP contribution in [0.1, 0.15) is 18.6 Å². The molecule has 14 heavy (non-hydrogen) atoms. The molecule has 0 aromatic heterocycles. The van der Waals surface area contributed by atoms with Gasteiger partial charge in [0.1, 0.15) is 11.6 Å². The smallest absolute Gasteiger partial charge is 0.140 e. The quantitative estimate of drug-likeness (QED) is 0.805. The van der Waals surface area contributed by atoms with Gasteiger partial charge in [0.05, 0.1) is 10.6 Å². The molecular weight excluding hydrogens is 256 g/mol. The highest BCUT2D eigenvalue weighted by molar-refractivity contribution is 9.10. The highest BCUT2D eigenvalue weighted by Gasteiger charge is 2.19. The minimum absolute atomic E-state index is 0.0451. The van der Waals surface area contributed by atoms with Gasteiger partial charge in [-0.25, -0.2) is 8.78 Å². The lowest BCUT2D eigenvalue weighted by atomic mass is 10.0. The summed E-state index contributed by atoms with van der Waals surface area (Å²) in [6.45, 7) is 1.56. The molecule has 2 atom stereocenters. The Bertz CT molecular complexity index is 344. The highest BCUT2D eigenvalue weighted by atomic mass is 79.9. The molecule has 0 bridgehead atoms. The number of hydrogen-bond donors (Lipinski definition) is 2. The fourth-order valence-corrected chi connectivity index (χ4v) is 1.54. The van der Waals surface area contributed by atoms with E-state index >= 15 is 0 Å². The molecule has 3 N–H and O–H groups in total. The van der Waals surface area contributed by atoms with Gasteiger partial charge in [-0.15, -0.1) is 0 Å². The number of hydrogen-bond acceptors (Lipinski definition) is 2. The molecule has 1 rings (SSSR count). The Morgan fingerprint density at radius 3 is 2.50 bits per heavy atom. The zero-order valence-electron chi connectivity index (χ0n) is 7.47. The van der Waals surface area contributed by atoms with Gasteiger partial charge in [-0.1, -0.05) is 0 Å². The first kappa shape index (κ1) is 11.6. The van der Waals surface area contributed by atoms with E-state index in [-0.39, 0.29) is 10.0 Å². The minimum Gasteiger partial charge on any atom is -0.387 e. The van der Waals surface area contributed by atoms with Gasteiger partial charge >= 0.3 is 0 Å². The number of halogens is 3. The van der Waals surface area contributed by atoms with E-state index < -0.39 is 23.8 Å². The van der Waals surface area contributed by atoms with Crippen LogP contribution in [0.4, 0.5) is 8.78 Å². The molecular formula is C9H10BrF2NO. The second kappa shape index (κ2) is 4.33. The van der Waals surface area contributed by atoms with Crippen molar-refractivity contribution in [2.75, 3.05) is 0 Å². The van der Waals surface area contributed by atoms with Gasteiger partial charge in [0.2, 0.25) is 0 Å². The normalized spacial score (nSPS) is 15.3. The van der Waals surface area contributed by atoms with Crippen molar-refractivity contribution in [1.82, 2.24) is 0 Å². The summed E-state index contributed by atoms with van der Waals surface area (Å²) in [6, 6.07) is 1.20. The average Bonchev–Trinajstić information content (AvgIpc) is 2.09. The molecule has 0 heterocycles. The van der Waals surface area contributed by atoms with Crippen LogP contribution in [-0.4, -0.2) is 11.1 Å². The van der Waals surface area contributed by atoms with E-state index in [1.165, 1.54) is 0 Å². The number of benzene rings is 1. The van der Waals surface area contributed by atoms with E-state index in [4.69, 9.17) is 5.73 Å². The second-order valence-corrected chi connectivity index (χ2v) is 3.89. The topological polar surface area (TPSA) is 46.2 Å². The van der Waals surface area contributed by atoms with Crippen LogP contribution in [0.25, 0.3) is 0 Å². The number of aliphatic hydroxyl groups excluding tert-OH is 1. The molecule has 0 aliphatic rings. The molecule has 0 fully saturated rings. The van der Waals surface area contributed by atoms with Crippen LogP contribution in [-0.2, 0) is 0 Å². The van der Waals surface area contributed by atoms with E-state index in [1.54, 1.807) is 6.92 Å². The summed E-state index contributed by atoms with van der Waals surface area (Å²) < 4.78 is 25.9. The van der Waals surface area contributed by atoms with E-state index in [0.29, 0.717) is 0 Å². The largest absolute Gasteiger partial charge is 0.387 e. The fourth-order valence-electron chi connectivity index (χ4n) is 1.07. The molecule has 2 unspecified atom stereocenters.